The minimum atomic E-state index is -2.35. The summed E-state index contributed by atoms with van der Waals surface area (Å²) in [5.41, 5.74) is 1.65. The Morgan fingerprint density at radius 2 is 1.70 bits per heavy atom. The number of nitriles is 1. The van der Waals surface area contributed by atoms with E-state index in [-0.39, 0.29) is 22.9 Å². The summed E-state index contributed by atoms with van der Waals surface area (Å²) in [6, 6.07) is 15.9. The van der Waals surface area contributed by atoms with E-state index in [0.717, 1.165) is 11.1 Å². The van der Waals surface area contributed by atoms with E-state index in [1.54, 1.807) is 35.2 Å². The van der Waals surface area contributed by atoms with E-state index in [2.05, 4.69) is 44.9 Å². The Labute approximate surface area is 237 Å². The number of aromatic hydroxyl groups is 1. The number of nitrogens with zero attached hydrogens (tertiary/aromatic N) is 2. The second-order valence-electron chi connectivity index (χ2n) is 12.6. The monoisotopic (exact) mass is 563 g/mol. The van der Waals surface area contributed by atoms with E-state index in [9.17, 15) is 14.7 Å². The maximum atomic E-state index is 13.5. The van der Waals surface area contributed by atoms with E-state index in [1.165, 1.54) is 6.07 Å². The van der Waals surface area contributed by atoms with E-state index in [0.29, 0.717) is 29.4 Å². The standard InChI is InChI=1S/C31H41N3O5Si/c1-30(2,3)38-29(37)34(18-17-21-9-11-22(19-32)12-10-21)20-26(39-40(7,8)31(4,5)6)23-13-15-25(35)28-24(23)14-16-27(36)33-28/h9-16,26,35H,17-18,20H2,1-8H3,(H,33,36)/t26-/m0/s1. The lowest BCUT2D eigenvalue weighted by atomic mass is 10.0. The average Bonchev–Trinajstić information content (AvgIpc) is 2.85. The number of ether oxygens (including phenoxy) is 1. The number of carbonyl (C=O) groups is 1. The van der Waals surface area contributed by atoms with Crippen molar-refractivity contribution in [3.63, 3.8) is 0 Å². The maximum absolute atomic E-state index is 13.5. The molecule has 0 spiro atoms. The van der Waals surface area contributed by atoms with Crippen molar-refractivity contribution in [2.24, 2.45) is 0 Å². The largest absolute Gasteiger partial charge is 0.506 e. The minimum Gasteiger partial charge on any atom is -0.506 e. The van der Waals surface area contributed by atoms with Gasteiger partial charge in [-0.25, -0.2) is 4.79 Å². The minimum absolute atomic E-state index is 0.0349. The fourth-order valence-corrected chi connectivity index (χ4v) is 5.33. The van der Waals surface area contributed by atoms with Crippen LogP contribution in [0.4, 0.5) is 4.79 Å². The number of H-pyrrole nitrogens is 1. The molecule has 2 aromatic carbocycles. The molecule has 40 heavy (non-hydrogen) atoms. The van der Waals surface area contributed by atoms with Gasteiger partial charge in [-0.1, -0.05) is 39.0 Å². The molecule has 0 saturated heterocycles. The number of hydrogen-bond donors (Lipinski definition) is 2. The van der Waals surface area contributed by atoms with Crippen LogP contribution in [0.2, 0.25) is 18.1 Å². The van der Waals surface area contributed by atoms with Gasteiger partial charge >= 0.3 is 6.09 Å². The predicted octanol–water partition coefficient (Wildman–Crippen LogP) is 6.65. The van der Waals surface area contributed by atoms with Gasteiger partial charge in [0.25, 0.3) is 0 Å². The topological polar surface area (TPSA) is 116 Å². The number of phenols is 1. The lowest BCUT2D eigenvalue weighted by Crippen LogP contribution is -2.46. The van der Waals surface area contributed by atoms with Crippen molar-refractivity contribution in [1.82, 2.24) is 9.88 Å². The molecule has 1 aromatic heterocycles. The van der Waals surface area contributed by atoms with E-state index in [4.69, 9.17) is 14.4 Å². The van der Waals surface area contributed by atoms with Crippen LogP contribution in [0.15, 0.2) is 53.3 Å². The van der Waals surface area contributed by atoms with Gasteiger partial charge in [-0.2, -0.15) is 5.26 Å². The van der Waals surface area contributed by atoms with Gasteiger partial charge in [-0.05, 0) is 80.7 Å². The molecule has 1 atom stereocenters. The van der Waals surface area contributed by atoms with Crippen LogP contribution in [-0.2, 0) is 15.6 Å². The smallest absolute Gasteiger partial charge is 0.410 e. The van der Waals surface area contributed by atoms with Crippen LogP contribution in [0.5, 0.6) is 5.75 Å². The molecule has 2 N–H and O–H groups in total. The molecule has 0 saturated carbocycles. The lowest BCUT2D eigenvalue weighted by molar-refractivity contribution is 0.0160. The molecule has 0 aliphatic heterocycles. The third-order valence-electron chi connectivity index (χ3n) is 7.29. The number of benzene rings is 2. The van der Waals surface area contributed by atoms with Gasteiger partial charge in [-0.3, -0.25) is 4.79 Å². The van der Waals surface area contributed by atoms with Gasteiger partial charge in [0.05, 0.1) is 29.8 Å². The summed E-state index contributed by atoms with van der Waals surface area (Å²) in [5, 5.41) is 20.2. The van der Waals surface area contributed by atoms with Gasteiger partial charge in [0.15, 0.2) is 8.32 Å². The van der Waals surface area contributed by atoms with Gasteiger partial charge in [0, 0.05) is 18.0 Å². The van der Waals surface area contributed by atoms with Gasteiger partial charge < -0.3 is 24.2 Å². The van der Waals surface area contributed by atoms with Crippen LogP contribution in [0.3, 0.4) is 0 Å². The van der Waals surface area contributed by atoms with Crippen molar-refractivity contribution < 1.29 is 19.1 Å². The van der Waals surface area contributed by atoms with Crippen LogP contribution >= 0.6 is 0 Å². The molecule has 0 fully saturated rings. The number of fused-ring (bicyclic) bond motifs is 1. The molecule has 0 aliphatic rings. The molecule has 0 unspecified atom stereocenters. The Balaban J connectivity index is 2.06. The van der Waals surface area contributed by atoms with E-state index in [1.807, 2.05) is 32.9 Å². The Morgan fingerprint density at radius 3 is 2.27 bits per heavy atom. The number of phenolic OH excluding ortho intramolecular Hbond substituents is 1. The summed E-state index contributed by atoms with van der Waals surface area (Å²) in [5.74, 6) is -0.0349. The van der Waals surface area contributed by atoms with Gasteiger partial charge in [0.2, 0.25) is 5.56 Å². The SMILES string of the molecule is CC(C)(C)OC(=O)N(CCc1ccc(C#N)cc1)C[C@H](O[Si](C)(C)C(C)(C)C)c1ccc(O)c2[nH]c(=O)ccc12. The molecule has 1 heterocycles. The Morgan fingerprint density at radius 1 is 1.05 bits per heavy atom. The van der Waals surface area contributed by atoms with Gasteiger partial charge in [0.1, 0.15) is 11.4 Å². The quantitative estimate of drug-likeness (QED) is 0.297. The molecule has 8 nitrogen and oxygen atoms in total. The summed E-state index contributed by atoms with van der Waals surface area (Å²) < 4.78 is 12.7. The number of nitrogens with one attached hydrogen (secondary N) is 1. The van der Waals surface area contributed by atoms with Crippen LogP contribution in [0.1, 0.15) is 64.3 Å². The van der Waals surface area contributed by atoms with Crippen molar-refractivity contribution in [2.45, 2.75) is 77.8 Å². The third kappa shape index (κ3) is 7.74. The number of amides is 1. The number of pyridine rings is 1. The first-order valence-corrected chi connectivity index (χ1v) is 16.4. The number of carbonyl (C=O) groups excluding carboxylic acids is 1. The van der Waals surface area contributed by atoms with Crippen molar-refractivity contribution in [1.29, 1.82) is 5.26 Å². The van der Waals surface area contributed by atoms with E-state index < -0.39 is 26.1 Å². The van der Waals surface area contributed by atoms with E-state index >= 15 is 0 Å². The van der Waals surface area contributed by atoms with Gasteiger partial charge in [-0.15, -0.1) is 0 Å². The summed E-state index contributed by atoms with van der Waals surface area (Å²) in [6.07, 6.45) is -0.452. The highest BCUT2D eigenvalue weighted by molar-refractivity contribution is 6.74. The molecule has 0 aliphatic carbocycles. The zero-order chi connectivity index (χ0) is 29.9. The average molecular weight is 564 g/mol. The normalized spacial score (nSPS) is 13.1. The highest BCUT2D eigenvalue weighted by atomic mass is 28.4. The molecule has 0 bridgehead atoms. The van der Waals surface area contributed by atoms with Crippen molar-refractivity contribution in [3.05, 3.63) is 75.6 Å². The van der Waals surface area contributed by atoms with Crippen molar-refractivity contribution in [2.75, 3.05) is 13.1 Å². The van der Waals surface area contributed by atoms with Crippen LogP contribution in [0, 0.1) is 11.3 Å². The highest BCUT2D eigenvalue weighted by Crippen LogP contribution is 2.41. The summed E-state index contributed by atoms with van der Waals surface area (Å²) in [6.45, 7) is 16.8. The summed E-state index contributed by atoms with van der Waals surface area (Å²) in [4.78, 5) is 30.0. The predicted molar refractivity (Wildman–Crippen MR) is 160 cm³/mol. The zero-order valence-electron chi connectivity index (χ0n) is 24.8. The number of rotatable bonds is 8. The Kier molecular flexibility index (Phi) is 9.17. The molecule has 3 aromatic rings. The van der Waals surface area contributed by atoms with Crippen LogP contribution in [-0.4, -0.2) is 48.1 Å². The first-order valence-electron chi connectivity index (χ1n) is 13.5. The van der Waals surface area contributed by atoms with Crippen molar-refractivity contribution >= 4 is 25.3 Å². The highest BCUT2D eigenvalue weighted by Gasteiger charge is 2.40. The molecular weight excluding hydrogens is 522 g/mol. The lowest BCUT2D eigenvalue weighted by Gasteiger charge is -2.41. The fourth-order valence-electron chi connectivity index (χ4n) is 4.07. The van der Waals surface area contributed by atoms with Crippen LogP contribution < -0.4 is 5.56 Å². The Bertz CT molecular complexity index is 1440. The summed E-state index contributed by atoms with van der Waals surface area (Å²) in [7, 11) is -2.35. The fraction of sp³-hybridized carbons (Fsp3) is 0.452. The second kappa shape index (κ2) is 11.9. The molecule has 214 valence electrons. The first-order chi connectivity index (χ1) is 18.5. The van der Waals surface area contributed by atoms with Crippen LogP contribution in [0.25, 0.3) is 10.9 Å². The second-order valence-corrected chi connectivity index (χ2v) is 17.4. The number of hydrogen-bond acceptors (Lipinski definition) is 6. The number of aromatic nitrogens is 1. The van der Waals surface area contributed by atoms with Crippen molar-refractivity contribution in [3.8, 4) is 11.8 Å². The molecular formula is C31H41N3O5Si. The molecule has 3 rings (SSSR count). The first kappa shape index (κ1) is 30.9. The summed E-state index contributed by atoms with van der Waals surface area (Å²) >= 11 is 0. The molecule has 1 amide bonds. The molecule has 9 heteroatoms. The number of aromatic amines is 1. The third-order valence-corrected chi connectivity index (χ3v) is 11.8. The maximum Gasteiger partial charge on any atom is 0.410 e. The molecule has 0 radical (unpaired) electrons. The Hall–Kier alpha value is -3.61. The zero-order valence-corrected chi connectivity index (χ0v) is 25.8.